The zero-order valence-electron chi connectivity index (χ0n) is 15.3. The van der Waals surface area contributed by atoms with Gasteiger partial charge in [-0.25, -0.2) is 9.69 Å². The quantitative estimate of drug-likeness (QED) is 0.828. The molecule has 0 N–H and O–H groups in total. The number of methoxy groups -OCH3 is 1. The lowest BCUT2D eigenvalue weighted by Crippen LogP contribution is -2.52. The molecule has 0 unspecified atom stereocenters. The van der Waals surface area contributed by atoms with Crippen LogP contribution in [0.25, 0.3) is 0 Å². The van der Waals surface area contributed by atoms with Gasteiger partial charge in [0, 0.05) is 12.0 Å². The molecule has 0 aromatic heterocycles. The molecule has 2 heterocycles. The number of carbonyl (C=O) groups excluding carboxylic acids is 2. The Kier molecular flexibility index (Phi) is 4.26. The van der Waals surface area contributed by atoms with Crippen molar-refractivity contribution in [3.8, 4) is 11.5 Å². The van der Waals surface area contributed by atoms with Crippen molar-refractivity contribution < 1.29 is 23.8 Å². The second-order valence-corrected chi connectivity index (χ2v) is 6.78. The summed E-state index contributed by atoms with van der Waals surface area (Å²) in [5, 5.41) is 0. The molecule has 2 amide bonds. The van der Waals surface area contributed by atoms with E-state index in [1.54, 1.807) is 19.2 Å². The van der Waals surface area contributed by atoms with E-state index in [4.69, 9.17) is 14.2 Å². The highest BCUT2D eigenvalue weighted by atomic mass is 16.6. The van der Waals surface area contributed by atoms with E-state index in [-0.39, 0.29) is 12.5 Å². The van der Waals surface area contributed by atoms with Gasteiger partial charge in [0.05, 0.1) is 7.11 Å². The van der Waals surface area contributed by atoms with Crippen LogP contribution in [0.1, 0.15) is 30.5 Å². The summed E-state index contributed by atoms with van der Waals surface area (Å²) < 4.78 is 16.6. The van der Waals surface area contributed by atoms with Gasteiger partial charge in [-0.05, 0) is 30.2 Å². The third-order valence-corrected chi connectivity index (χ3v) is 5.29. The molecule has 140 valence electrons. The summed E-state index contributed by atoms with van der Waals surface area (Å²) >= 11 is 0. The minimum absolute atomic E-state index is 0.148. The van der Waals surface area contributed by atoms with E-state index in [1.165, 1.54) is 4.90 Å². The van der Waals surface area contributed by atoms with E-state index in [0.29, 0.717) is 24.3 Å². The van der Waals surface area contributed by atoms with Crippen LogP contribution in [0.15, 0.2) is 48.5 Å². The fraction of sp³-hybridized carbons (Fsp3) is 0.333. The van der Waals surface area contributed by atoms with Crippen LogP contribution in [-0.2, 0) is 16.0 Å². The van der Waals surface area contributed by atoms with Gasteiger partial charge in [-0.3, -0.25) is 4.79 Å². The predicted molar refractivity (Wildman–Crippen MR) is 97.7 cm³/mol. The largest absolute Gasteiger partial charge is 0.497 e. The van der Waals surface area contributed by atoms with Gasteiger partial charge in [-0.2, -0.15) is 0 Å². The van der Waals surface area contributed by atoms with Crippen LogP contribution in [0.2, 0.25) is 0 Å². The Bertz CT molecular complexity index is 881. The van der Waals surface area contributed by atoms with Crippen LogP contribution in [0.5, 0.6) is 11.5 Å². The van der Waals surface area contributed by atoms with E-state index in [2.05, 4.69) is 0 Å². The number of ether oxygens (including phenoxy) is 3. The van der Waals surface area contributed by atoms with E-state index in [1.807, 2.05) is 43.3 Å². The van der Waals surface area contributed by atoms with Crippen molar-refractivity contribution in [1.82, 2.24) is 4.90 Å². The molecule has 2 aliphatic rings. The van der Waals surface area contributed by atoms with Gasteiger partial charge in [-0.1, -0.05) is 37.3 Å². The van der Waals surface area contributed by atoms with Gasteiger partial charge in [0.2, 0.25) is 0 Å². The first-order chi connectivity index (χ1) is 13.1. The number of imide groups is 1. The Balaban J connectivity index is 1.66. The molecule has 2 atom stereocenters. The third kappa shape index (κ3) is 2.81. The molecule has 2 aromatic carbocycles. The summed E-state index contributed by atoms with van der Waals surface area (Å²) in [5.41, 5.74) is 0.638. The molecule has 2 aromatic rings. The molecule has 27 heavy (non-hydrogen) atoms. The van der Waals surface area contributed by atoms with Crippen molar-refractivity contribution in [3.05, 3.63) is 59.7 Å². The number of carbonyl (C=O) groups is 2. The zero-order chi connectivity index (χ0) is 19.0. The second kappa shape index (κ2) is 6.61. The maximum Gasteiger partial charge on any atom is 0.417 e. The topological polar surface area (TPSA) is 65.1 Å². The summed E-state index contributed by atoms with van der Waals surface area (Å²) in [7, 11) is 1.60. The smallest absolute Gasteiger partial charge is 0.417 e. The van der Waals surface area contributed by atoms with Gasteiger partial charge < -0.3 is 14.2 Å². The fourth-order valence-corrected chi connectivity index (χ4v) is 3.73. The summed E-state index contributed by atoms with van der Waals surface area (Å²) in [6, 6.07) is 14.5. The lowest BCUT2D eigenvalue weighted by atomic mass is 9.91. The first-order valence-corrected chi connectivity index (χ1v) is 8.99. The molecule has 2 aliphatic heterocycles. The third-order valence-electron chi connectivity index (χ3n) is 5.29. The van der Waals surface area contributed by atoms with Crippen molar-refractivity contribution in [2.24, 2.45) is 0 Å². The highest BCUT2D eigenvalue weighted by Gasteiger charge is 2.52. The minimum atomic E-state index is -1.12. The standard InChI is InChI=1S/C21H21NO5/c1-3-21(12-15-11-16(25-2)9-10-18(15)27-21)19(23)22-17(13-26-20(22)24)14-7-5-4-6-8-14/h4-11,17H,3,12-13H2,1-2H3/t17-,21+/m0/s1. The molecular weight excluding hydrogens is 346 g/mol. The van der Waals surface area contributed by atoms with Crippen molar-refractivity contribution in [2.45, 2.75) is 31.4 Å². The Morgan fingerprint density at radius 3 is 2.74 bits per heavy atom. The molecule has 6 nitrogen and oxygen atoms in total. The Morgan fingerprint density at radius 1 is 1.26 bits per heavy atom. The van der Waals surface area contributed by atoms with Crippen LogP contribution in [0.4, 0.5) is 4.79 Å². The van der Waals surface area contributed by atoms with Crippen LogP contribution in [0.3, 0.4) is 0 Å². The van der Waals surface area contributed by atoms with Crippen molar-refractivity contribution in [1.29, 1.82) is 0 Å². The van der Waals surface area contributed by atoms with Gasteiger partial charge >= 0.3 is 6.09 Å². The molecule has 0 spiro atoms. The van der Waals surface area contributed by atoms with Gasteiger partial charge in [0.1, 0.15) is 24.1 Å². The fourth-order valence-electron chi connectivity index (χ4n) is 3.73. The van der Waals surface area contributed by atoms with E-state index in [0.717, 1.165) is 11.1 Å². The number of nitrogens with zero attached hydrogens (tertiary/aromatic N) is 1. The van der Waals surface area contributed by atoms with Crippen LogP contribution >= 0.6 is 0 Å². The Morgan fingerprint density at radius 2 is 2.04 bits per heavy atom. The number of fused-ring (bicyclic) bond motifs is 1. The number of hydrogen-bond acceptors (Lipinski definition) is 5. The average molecular weight is 367 g/mol. The van der Waals surface area contributed by atoms with E-state index >= 15 is 0 Å². The van der Waals surface area contributed by atoms with Crippen LogP contribution < -0.4 is 9.47 Å². The lowest BCUT2D eigenvalue weighted by molar-refractivity contribution is -0.145. The van der Waals surface area contributed by atoms with Crippen molar-refractivity contribution >= 4 is 12.0 Å². The highest BCUT2D eigenvalue weighted by molar-refractivity contribution is 5.99. The number of rotatable bonds is 4. The zero-order valence-corrected chi connectivity index (χ0v) is 15.3. The van der Waals surface area contributed by atoms with Gasteiger partial charge in [-0.15, -0.1) is 0 Å². The maximum atomic E-state index is 13.5. The van der Waals surface area contributed by atoms with E-state index < -0.39 is 17.7 Å². The summed E-state index contributed by atoms with van der Waals surface area (Å²) in [4.78, 5) is 27.1. The maximum absolute atomic E-state index is 13.5. The number of cyclic esters (lactones) is 1. The summed E-state index contributed by atoms with van der Waals surface area (Å²) in [6.07, 6.45) is 0.202. The number of amides is 2. The molecular formula is C21H21NO5. The average Bonchev–Trinajstić information content (AvgIpc) is 3.28. The van der Waals surface area contributed by atoms with Crippen molar-refractivity contribution in [3.63, 3.8) is 0 Å². The van der Waals surface area contributed by atoms with Crippen LogP contribution in [-0.4, -0.2) is 36.2 Å². The lowest BCUT2D eigenvalue weighted by Gasteiger charge is -2.31. The SMILES string of the molecule is CC[C@]1(C(=O)N2C(=O)OC[C@H]2c2ccccc2)Cc2cc(OC)ccc2O1. The van der Waals surface area contributed by atoms with Gasteiger partial charge in [0.15, 0.2) is 5.60 Å². The predicted octanol–water partition coefficient (Wildman–Crippen LogP) is 3.50. The molecule has 6 heteroatoms. The Labute approximate surface area is 157 Å². The second-order valence-electron chi connectivity index (χ2n) is 6.78. The summed E-state index contributed by atoms with van der Waals surface area (Å²) in [5.74, 6) is 0.991. The minimum Gasteiger partial charge on any atom is -0.497 e. The molecule has 0 radical (unpaired) electrons. The summed E-state index contributed by atoms with van der Waals surface area (Å²) in [6.45, 7) is 2.04. The molecule has 4 rings (SSSR count). The Hall–Kier alpha value is -3.02. The molecule has 0 bridgehead atoms. The monoisotopic (exact) mass is 367 g/mol. The first-order valence-electron chi connectivity index (χ1n) is 8.99. The number of hydrogen-bond donors (Lipinski definition) is 0. The molecule has 0 aliphatic carbocycles. The van der Waals surface area contributed by atoms with Crippen molar-refractivity contribution in [2.75, 3.05) is 13.7 Å². The van der Waals surface area contributed by atoms with Crippen LogP contribution in [0, 0.1) is 0 Å². The number of benzene rings is 2. The highest BCUT2D eigenvalue weighted by Crippen LogP contribution is 2.42. The first kappa shape index (κ1) is 17.4. The molecule has 0 saturated carbocycles. The van der Waals surface area contributed by atoms with Gasteiger partial charge in [0.25, 0.3) is 5.91 Å². The van der Waals surface area contributed by atoms with E-state index in [9.17, 15) is 9.59 Å². The normalized spacial score (nSPS) is 23.6. The molecule has 1 saturated heterocycles. The molecule has 1 fully saturated rings.